The highest BCUT2D eigenvalue weighted by Gasteiger charge is 2.25. The molecule has 0 amide bonds. The molecule has 2 N–H and O–H groups in total. The molecule has 0 saturated carbocycles. The highest BCUT2D eigenvalue weighted by Crippen LogP contribution is 2.36. The van der Waals surface area contributed by atoms with E-state index in [2.05, 4.69) is 10.0 Å². The molecule has 0 spiro atoms. The average molecular weight is 349 g/mol. The van der Waals surface area contributed by atoms with Gasteiger partial charge in [0, 0.05) is 6.54 Å². The number of fused-ring (bicyclic) bond motifs is 1. The highest BCUT2D eigenvalue weighted by molar-refractivity contribution is 7.89. The quantitative estimate of drug-likeness (QED) is 0.835. The molecule has 22 heavy (non-hydrogen) atoms. The van der Waals surface area contributed by atoms with Crippen molar-refractivity contribution in [1.82, 2.24) is 10.0 Å². The Bertz CT molecular complexity index is 603. The van der Waals surface area contributed by atoms with Crippen molar-refractivity contribution in [2.75, 3.05) is 32.8 Å². The molecule has 6 nitrogen and oxygen atoms in total. The normalized spacial score (nSPS) is 20.5. The number of para-hydroxylation sites is 1. The molecule has 1 unspecified atom stereocenters. The van der Waals surface area contributed by atoms with Crippen LogP contribution in [0.1, 0.15) is 12.8 Å². The van der Waals surface area contributed by atoms with Gasteiger partial charge in [0.2, 0.25) is 10.0 Å². The van der Waals surface area contributed by atoms with Crippen molar-refractivity contribution < 1.29 is 17.9 Å². The molecule has 124 valence electrons. The zero-order valence-electron chi connectivity index (χ0n) is 12.2. The van der Waals surface area contributed by atoms with Gasteiger partial charge in [-0.05, 0) is 44.0 Å². The monoisotopic (exact) mass is 348 g/mol. The SMILES string of the molecule is Cl.O=S(=O)(NCCC1CCNC1)c1cccc2c1OCCO2. The number of sulfonamides is 1. The van der Waals surface area contributed by atoms with Crippen molar-refractivity contribution in [2.24, 2.45) is 5.92 Å². The van der Waals surface area contributed by atoms with Gasteiger partial charge in [-0.25, -0.2) is 13.1 Å². The Hall–Kier alpha value is -1.02. The fourth-order valence-corrected chi connectivity index (χ4v) is 3.90. The summed E-state index contributed by atoms with van der Waals surface area (Å²) in [5.74, 6) is 1.36. The van der Waals surface area contributed by atoms with Gasteiger partial charge in [0.25, 0.3) is 0 Å². The van der Waals surface area contributed by atoms with Crippen LogP contribution in [0.15, 0.2) is 23.1 Å². The molecule has 0 aromatic heterocycles. The molecule has 0 radical (unpaired) electrons. The first-order valence-corrected chi connectivity index (χ1v) is 8.74. The lowest BCUT2D eigenvalue weighted by molar-refractivity contribution is 0.167. The van der Waals surface area contributed by atoms with Crippen molar-refractivity contribution in [3.8, 4) is 11.5 Å². The van der Waals surface area contributed by atoms with Crippen LogP contribution >= 0.6 is 12.4 Å². The smallest absolute Gasteiger partial charge is 0.244 e. The van der Waals surface area contributed by atoms with Crippen LogP contribution in [0.5, 0.6) is 11.5 Å². The summed E-state index contributed by atoms with van der Waals surface area (Å²) in [4.78, 5) is 0.157. The van der Waals surface area contributed by atoms with Crippen LogP contribution in [0.3, 0.4) is 0 Å². The molecule has 1 aromatic rings. The summed E-state index contributed by atoms with van der Waals surface area (Å²) < 4.78 is 38.4. The highest BCUT2D eigenvalue weighted by atomic mass is 35.5. The van der Waals surface area contributed by atoms with E-state index in [4.69, 9.17) is 9.47 Å². The third-order valence-electron chi connectivity index (χ3n) is 3.83. The van der Waals surface area contributed by atoms with E-state index in [-0.39, 0.29) is 17.3 Å². The van der Waals surface area contributed by atoms with Gasteiger partial charge >= 0.3 is 0 Å². The summed E-state index contributed by atoms with van der Waals surface area (Å²) in [7, 11) is -3.57. The van der Waals surface area contributed by atoms with Crippen LogP contribution in [0.25, 0.3) is 0 Å². The number of hydrogen-bond donors (Lipinski definition) is 2. The van der Waals surface area contributed by atoms with Crippen LogP contribution in [-0.2, 0) is 10.0 Å². The van der Waals surface area contributed by atoms with Crippen molar-refractivity contribution in [3.63, 3.8) is 0 Å². The lowest BCUT2D eigenvalue weighted by Gasteiger charge is -2.21. The number of halogens is 1. The second-order valence-electron chi connectivity index (χ2n) is 5.33. The zero-order valence-corrected chi connectivity index (χ0v) is 13.8. The second-order valence-corrected chi connectivity index (χ2v) is 7.06. The molecule has 2 heterocycles. The van der Waals surface area contributed by atoms with Gasteiger partial charge in [-0.3, -0.25) is 0 Å². The fraction of sp³-hybridized carbons (Fsp3) is 0.571. The summed E-state index contributed by atoms with van der Waals surface area (Å²) in [5, 5.41) is 3.28. The second kappa shape index (κ2) is 7.50. The maximum absolute atomic E-state index is 12.4. The van der Waals surface area contributed by atoms with Crippen LogP contribution in [0.4, 0.5) is 0 Å². The zero-order chi connectivity index (χ0) is 14.7. The Kier molecular flexibility index (Phi) is 5.91. The number of ether oxygens (including phenoxy) is 2. The van der Waals surface area contributed by atoms with Crippen LogP contribution in [0, 0.1) is 5.92 Å². The Morgan fingerprint density at radius 3 is 2.86 bits per heavy atom. The van der Waals surface area contributed by atoms with E-state index in [1.54, 1.807) is 18.2 Å². The number of benzene rings is 1. The van der Waals surface area contributed by atoms with Crippen LogP contribution in [-0.4, -0.2) is 41.3 Å². The van der Waals surface area contributed by atoms with Gasteiger partial charge in [-0.2, -0.15) is 0 Å². The van der Waals surface area contributed by atoms with Crippen molar-refractivity contribution >= 4 is 22.4 Å². The minimum Gasteiger partial charge on any atom is -0.486 e. The third kappa shape index (κ3) is 3.84. The minimum atomic E-state index is -3.57. The van der Waals surface area contributed by atoms with Gasteiger partial charge < -0.3 is 14.8 Å². The molecular formula is C14H21ClN2O4S. The van der Waals surface area contributed by atoms with E-state index >= 15 is 0 Å². The number of rotatable bonds is 5. The molecule has 8 heteroatoms. The molecule has 1 saturated heterocycles. The first-order chi connectivity index (χ1) is 10.2. The molecule has 1 atom stereocenters. The van der Waals surface area contributed by atoms with E-state index in [9.17, 15) is 8.42 Å². The standard InChI is InChI=1S/C14H20N2O4S.ClH/c17-21(18,16-7-5-11-4-6-15-10-11)13-3-1-2-12-14(13)20-9-8-19-12;/h1-3,11,15-16H,4-10H2;1H. The molecule has 2 aliphatic heterocycles. The fourth-order valence-electron chi connectivity index (χ4n) is 2.69. The van der Waals surface area contributed by atoms with Crippen molar-refractivity contribution in [1.29, 1.82) is 0 Å². The van der Waals surface area contributed by atoms with Crippen molar-refractivity contribution in [3.05, 3.63) is 18.2 Å². The topological polar surface area (TPSA) is 76.7 Å². The van der Waals surface area contributed by atoms with Gasteiger partial charge in [-0.15, -0.1) is 12.4 Å². The molecule has 3 rings (SSSR count). The summed E-state index contributed by atoms with van der Waals surface area (Å²) in [6.07, 6.45) is 1.96. The van der Waals surface area contributed by atoms with E-state index in [1.165, 1.54) is 0 Å². The summed E-state index contributed by atoms with van der Waals surface area (Å²) in [5.41, 5.74) is 0. The van der Waals surface area contributed by atoms with Gasteiger partial charge in [0.1, 0.15) is 18.1 Å². The van der Waals surface area contributed by atoms with Crippen LogP contribution < -0.4 is 19.5 Å². The van der Waals surface area contributed by atoms with E-state index in [0.717, 1.165) is 25.9 Å². The minimum absolute atomic E-state index is 0. The van der Waals surface area contributed by atoms with Crippen LogP contribution in [0.2, 0.25) is 0 Å². The maximum atomic E-state index is 12.4. The van der Waals surface area contributed by atoms with Crippen molar-refractivity contribution in [2.45, 2.75) is 17.7 Å². The predicted molar refractivity (Wildman–Crippen MR) is 85.5 cm³/mol. The van der Waals surface area contributed by atoms with Gasteiger partial charge in [0.05, 0.1) is 0 Å². The lowest BCUT2D eigenvalue weighted by atomic mass is 10.1. The van der Waals surface area contributed by atoms with Gasteiger partial charge in [-0.1, -0.05) is 6.07 Å². The number of nitrogens with one attached hydrogen (secondary N) is 2. The Balaban J connectivity index is 0.00000176. The molecular weight excluding hydrogens is 328 g/mol. The molecule has 1 fully saturated rings. The summed E-state index contributed by atoms with van der Waals surface area (Å²) in [6, 6.07) is 4.94. The maximum Gasteiger partial charge on any atom is 0.244 e. The average Bonchev–Trinajstić information content (AvgIpc) is 3.00. The summed E-state index contributed by atoms with van der Waals surface area (Å²) in [6.45, 7) is 3.25. The van der Waals surface area contributed by atoms with E-state index in [1.807, 2.05) is 0 Å². The van der Waals surface area contributed by atoms with E-state index < -0.39 is 10.0 Å². The van der Waals surface area contributed by atoms with E-state index in [0.29, 0.717) is 37.2 Å². The predicted octanol–water partition coefficient (Wildman–Crippen LogP) is 1.16. The number of hydrogen-bond acceptors (Lipinski definition) is 5. The molecule has 1 aromatic carbocycles. The molecule has 0 aliphatic carbocycles. The van der Waals surface area contributed by atoms with Gasteiger partial charge in [0.15, 0.2) is 11.5 Å². The molecule has 0 bridgehead atoms. The lowest BCUT2D eigenvalue weighted by Crippen LogP contribution is -2.28. The third-order valence-corrected chi connectivity index (χ3v) is 5.31. The first kappa shape index (κ1) is 17.3. The Labute approximate surface area is 137 Å². The largest absolute Gasteiger partial charge is 0.486 e. The summed E-state index contributed by atoms with van der Waals surface area (Å²) >= 11 is 0. The first-order valence-electron chi connectivity index (χ1n) is 7.26. The molecule has 2 aliphatic rings. The Morgan fingerprint density at radius 1 is 1.27 bits per heavy atom. The Morgan fingerprint density at radius 2 is 2.09 bits per heavy atom.